The van der Waals surface area contributed by atoms with Gasteiger partial charge in [-0.05, 0) is 0 Å². The molecule has 1 atom stereocenters. The summed E-state index contributed by atoms with van der Waals surface area (Å²) in [6.45, 7) is 4.49. The molecule has 1 saturated heterocycles. The summed E-state index contributed by atoms with van der Waals surface area (Å²) < 4.78 is 0. The Balaban J connectivity index is 0. The van der Waals surface area contributed by atoms with Crippen molar-refractivity contribution in [2.75, 3.05) is 13.1 Å². The van der Waals surface area contributed by atoms with Crippen LogP contribution in [0.25, 0.3) is 5.32 Å². The van der Waals surface area contributed by atoms with Gasteiger partial charge in [0.2, 0.25) is 0 Å². The number of nitrogens with zero attached hydrogens (tertiary/aromatic N) is 1. The summed E-state index contributed by atoms with van der Waals surface area (Å²) in [5.41, 5.74) is 0. The monoisotopic (exact) mass is 202 g/mol. The van der Waals surface area contributed by atoms with E-state index < -0.39 is 0 Å². The molecule has 9 heavy (non-hydrogen) atoms. The minimum absolute atomic E-state index is 0. The Hall–Kier alpha value is 1.06. The Bertz CT molecular complexity index is 50.9. The quantitative estimate of drug-likeness (QED) is 0.535. The van der Waals surface area contributed by atoms with Crippen LogP contribution in [-0.2, 0) is 32.7 Å². The molecule has 1 rings (SSSR count). The van der Waals surface area contributed by atoms with Crippen LogP contribution >= 0.6 is 0 Å². The van der Waals surface area contributed by atoms with E-state index in [9.17, 15) is 0 Å². The molecule has 0 aromatic carbocycles. The van der Waals surface area contributed by atoms with Gasteiger partial charge in [0.15, 0.2) is 0 Å². The summed E-state index contributed by atoms with van der Waals surface area (Å²) in [7, 11) is 0. The molecule has 1 radical (unpaired) electrons. The third-order valence-corrected chi connectivity index (χ3v) is 1.45. The van der Waals surface area contributed by atoms with Crippen molar-refractivity contribution in [1.82, 2.24) is 0 Å². The molecule has 1 nitrogen and oxygen atoms in total. The fourth-order valence-electron chi connectivity index (χ4n) is 0.955. The second kappa shape index (κ2) is 7.17. The summed E-state index contributed by atoms with van der Waals surface area (Å²) >= 11 is 0. The van der Waals surface area contributed by atoms with Crippen LogP contribution in [-0.4, -0.2) is 13.1 Å². The van der Waals surface area contributed by atoms with Crippen molar-refractivity contribution in [1.29, 1.82) is 0 Å². The van der Waals surface area contributed by atoms with Crippen LogP contribution in [0.15, 0.2) is 0 Å². The van der Waals surface area contributed by atoms with E-state index in [4.69, 9.17) is 0 Å². The van der Waals surface area contributed by atoms with E-state index in [0.717, 1.165) is 19.0 Å². The Morgan fingerprint density at radius 3 is 2.33 bits per heavy atom. The minimum atomic E-state index is 0. The molecule has 0 spiro atoms. The standard InChI is InChI=1S/C6H12N.CH3.Y/c1-6-3-2-4-7-5-6;;/h6H,2-5H2,1H3;1H3;/q2*-1;. The summed E-state index contributed by atoms with van der Waals surface area (Å²) in [6.07, 6.45) is 2.71. The van der Waals surface area contributed by atoms with Gasteiger partial charge in [-0.15, -0.1) is 13.1 Å². The molecular formula is C7H15NY-2. The predicted octanol–water partition coefficient (Wildman–Crippen LogP) is 2.24. The largest absolute Gasteiger partial charge is 0.662 e. The fourth-order valence-corrected chi connectivity index (χ4v) is 0.955. The van der Waals surface area contributed by atoms with E-state index in [-0.39, 0.29) is 40.1 Å². The molecule has 2 heteroatoms. The van der Waals surface area contributed by atoms with Crippen LogP contribution in [0.1, 0.15) is 19.8 Å². The number of rotatable bonds is 0. The van der Waals surface area contributed by atoms with Gasteiger partial charge in [-0.3, -0.25) is 0 Å². The van der Waals surface area contributed by atoms with E-state index in [2.05, 4.69) is 12.2 Å². The van der Waals surface area contributed by atoms with Crippen molar-refractivity contribution in [3.8, 4) is 0 Å². The molecule has 0 N–H and O–H groups in total. The molecule has 0 aromatic rings. The van der Waals surface area contributed by atoms with Crippen LogP contribution in [0.2, 0.25) is 0 Å². The number of hydrogen-bond donors (Lipinski definition) is 0. The Morgan fingerprint density at radius 1 is 1.44 bits per heavy atom. The van der Waals surface area contributed by atoms with E-state index in [1.807, 2.05) is 0 Å². The van der Waals surface area contributed by atoms with Gasteiger partial charge < -0.3 is 12.7 Å². The molecule has 1 heterocycles. The first-order valence-electron chi connectivity index (χ1n) is 3.03. The van der Waals surface area contributed by atoms with Crippen molar-refractivity contribution < 1.29 is 32.7 Å². The van der Waals surface area contributed by atoms with Gasteiger partial charge in [0.05, 0.1) is 0 Å². The number of piperidine rings is 1. The number of hydrogen-bond acceptors (Lipinski definition) is 0. The first-order chi connectivity index (χ1) is 3.39. The van der Waals surface area contributed by atoms with Gasteiger partial charge in [0, 0.05) is 32.7 Å². The molecule has 0 aliphatic carbocycles. The summed E-state index contributed by atoms with van der Waals surface area (Å²) in [4.78, 5) is 0. The summed E-state index contributed by atoms with van der Waals surface area (Å²) in [6, 6.07) is 0. The van der Waals surface area contributed by atoms with Crippen molar-refractivity contribution in [2.45, 2.75) is 19.8 Å². The second-order valence-corrected chi connectivity index (χ2v) is 2.38. The van der Waals surface area contributed by atoms with Crippen molar-refractivity contribution >= 4 is 0 Å². The maximum absolute atomic E-state index is 4.26. The molecule has 1 unspecified atom stereocenters. The molecular weight excluding hydrogens is 187 g/mol. The topological polar surface area (TPSA) is 14.1 Å². The molecule has 1 aliphatic rings. The van der Waals surface area contributed by atoms with Crippen LogP contribution in [0, 0.1) is 13.3 Å². The normalized spacial score (nSPS) is 25.7. The maximum Gasteiger partial charge on any atom is 0 e. The van der Waals surface area contributed by atoms with E-state index in [0.29, 0.717) is 0 Å². The van der Waals surface area contributed by atoms with Crippen molar-refractivity contribution in [2.24, 2.45) is 5.92 Å². The first kappa shape index (κ1) is 12.7. The smallest absolute Gasteiger partial charge is 0 e. The Morgan fingerprint density at radius 2 is 2.11 bits per heavy atom. The van der Waals surface area contributed by atoms with E-state index in [1.165, 1.54) is 12.8 Å². The summed E-state index contributed by atoms with van der Waals surface area (Å²) in [5.74, 6) is 0.869. The fraction of sp³-hybridized carbons (Fsp3) is 0.857. The van der Waals surface area contributed by atoms with E-state index in [1.54, 1.807) is 0 Å². The van der Waals surface area contributed by atoms with Gasteiger partial charge in [-0.25, -0.2) is 0 Å². The predicted molar refractivity (Wildman–Crippen MR) is 37.9 cm³/mol. The zero-order valence-corrected chi connectivity index (χ0v) is 9.27. The van der Waals surface area contributed by atoms with Crippen LogP contribution in [0.4, 0.5) is 0 Å². The first-order valence-corrected chi connectivity index (χ1v) is 3.03. The Labute approximate surface area is 83.9 Å². The van der Waals surface area contributed by atoms with E-state index >= 15 is 0 Å². The zero-order valence-electron chi connectivity index (χ0n) is 6.43. The van der Waals surface area contributed by atoms with Crippen LogP contribution < -0.4 is 0 Å². The molecule has 1 aliphatic heterocycles. The van der Waals surface area contributed by atoms with Crippen molar-refractivity contribution in [3.05, 3.63) is 12.7 Å². The van der Waals surface area contributed by atoms with Gasteiger partial charge in [-0.2, -0.15) is 0 Å². The zero-order chi connectivity index (χ0) is 5.11. The van der Waals surface area contributed by atoms with Crippen LogP contribution in [0.5, 0.6) is 0 Å². The molecule has 0 amide bonds. The molecule has 0 aromatic heterocycles. The average Bonchev–Trinajstić information content (AvgIpc) is 1.69. The Kier molecular flexibility index (Phi) is 10.1. The molecule has 0 bridgehead atoms. The average molecular weight is 202 g/mol. The van der Waals surface area contributed by atoms with Gasteiger partial charge in [-0.1, -0.05) is 25.7 Å². The minimum Gasteiger partial charge on any atom is -0.662 e. The maximum atomic E-state index is 4.26. The van der Waals surface area contributed by atoms with Gasteiger partial charge in [0.1, 0.15) is 0 Å². The molecule has 1 fully saturated rings. The summed E-state index contributed by atoms with van der Waals surface area (Å²) in [5, 5.41) is 4.26. The van der Waals surface area contributed by atoms with Crippen molar-refractivity contribution in [3.63, 3.8) is 0 Å². The second-order valence-electron chi connectivity index (χ2n) is 2.38. The van der Waals surface area contributed by atoms with Gasteiger partial charge in [0.25, 0.3) is 0 Å². The molecule has 0 saturated carbocycles. The van der Waals surface area contributed by atoms with Gasteiger partial charge >= 0.3 is 0 Å². The SMILES string of the molecule is CC1CCC[N-]C1.[CH3-].[Y]. The third kappa shape index (κ3) is 5.51. The molecule has 53 valence electrons. The third-order valence-electron chi connectivity index (χ3n) is 1.45. The van der Waals surface area contributed by atoms with Crippen LogP contribution in [0.3, 0.4) is 0 Å².